The molecule has 0 bridgehead atoms. The first-order valence-electron chi connectivity index (χ1n) is 18.7. The molecule has 0 spiro atoms. The molecule has 0 aliphatic carbocycles. The zero-order valence-corrected chi connectivity index (χ0v) is 34.6. The van der Waals surface area contributed by atoms with Crippen LogP contribution in [0.15, 0.2) is 140 Å². The third-order valence-corrected chi connectivity index (χ3v) is 10.3. The Morgan fingerprint density at radius 1 is 0.571 bits per heavy atom. The number of ether oxygens (including phenoxy) is 1. The first-order chi connectivity index (χ1) is 26.5. The van der Waals surface area contributed by atoms with Crippen molar-refractivity contribution in [2.45, 2.75) is 52.4 Å². The minimum absolute atomic E-state index is 0. The molecule has 0 amide bonds. The van der Waals surface area contributed by atoms with Crippen LogP contribution in [0.3, 0.4) is 0 Å². The Kier molecular flexibility index (Phi) is 9.58. The van der Waals surface area contributed by atoms with Crippen molar-refractivity contribution >= 4 is 44.7 Å². The van der Waals surface area contributed by atoms with Gasteiger partial charge in [-0.2, -0.15) is 12.1 Å². The largest absolute Gasteiger partial charge is 0.509 e. The number of aromatic nitrogens is 3. The van der Waals surface area contributed by atoms with Crippen molar-refractivity contribution in [3.8, 4) is 28.4 Å². The molecule has 0 N–H and O–H groups in total. The predicted molar refractivity (Wildman–Crippen MR) is 225 cm³/mol. The molecule has 0 saturated carbocycles. The Bertz CT molecular complexity index is 2710. The monoisotopic (exact) mass is 911 g/mol. The summed E-state index contributed by atoms with van der Waals surface area (Å²) >= 11 is 0. The van der Waals surface area contributed by atoms with Gasteiger partial charge in [-0.1, -0.05) is 108 Å². The van der Waals surface area contributed by atoms with Gasteiger partial charge in [0.15, 0.2) is 0 Å². The van der Waals surface area contributed by atoms with Crippen molar-refractivity contribution < 1.29 is 25.8 Å². The van der Waals surface area contributed by atoms with Gasteiger partial charge < -0.3 is 19.1 Å². The van der Waals surface area contributed by atoms with Gasteiger partial charge in [-0.3, -0.25) is 0 Å². The number of fused-ring (bicyclic) bond motifs is 4. The summed E-state index contributed by atoms with van der Waals surface area (Å²) in [5, 5.41) is 2.07. The molecule has 7 heteroatoms. The van der Waals surface area contributed by atoms with Crippen LogP contribution < -0.4 is 14.5 Å². The Hall–Kier alpha value is -5.71. The van der Waals surface area contributed by atoms with E-state index in [1.807, 2.05) is 36.7 Å². The number of para-hydroxylation sites is 2. The number of anilines is 4. The van der Waals surface area contributed by atoms with Crippen LogP contribution in [0.1, 0.15) is 52.7 Å². The fourth-order valence-electron chi connectivity index (χ4n) is 7.35. The SMILES string of the molecule is CC(C)(C)c1ccnc(-n2c3[c-]c(Oc4[c-]c(N5[CH-]N(c6cc(C(C)(C)C)ccc6-c6ccccc6)c6ccccc65)ccc4)ccc3c3cccnc32)c1.[Pt]. The maximum absolute atomic E-state index is 6.56. The van der Waals surface area contributed by atoms with Crippen LogP contribution in [0.25, 0.3) is 38.9 Å². The van der Waals surface area contributed by atoms with E-state index >= 15 is 0 Å². The number of rotatable bonds is 6. The summed E-state index contributed by atoms with van der Waals surface area (Å²) < 4.78 is 8.64. The van der Waals surface area contributed by atoms with Gasteiger partial charge in [-0.25, -0.2) is 9.97 Å². The van der Waals surface area contributed by atoms with Gasteiger partial charge >= 0.3 is 0 Å². The first-order valence-corrected chi connectivity index (χ1v) is 18.7. The summed E-state index contributed by atoms with van der Waals surface area (Å²) in [7, 11) is 0. The van der Waals surface area contributed by atoms with Crippen LogP contribution in [0.4, 0.5) is 22.7 Å². The molecule has 0 unspecified atom stereocenters. The number of nitrogens with zero attached hydrogens (tertiary/aromatic N) is 5. The summed E-state index contributed by atoms with van der Waals surface area (Å²) in [5.41, 5.74) is 10.6. The molecule has 0 saturated heterocycles. The molecule has 0 atom stereocenters. The fourth-order valence-corrected chi connectivity index (χ4v) is 7.35. The Morgan fingerprint density at radius 3 is 2.05 bits per heavy atom. The molecular formula is C49H42N5OPt-3. The van der Waals surface area contributed by atoms with E-state index in [4.69, 9.17) is 14.7 Å². The molecule has 1 aliphatic rings. The zero-order valence-electron chi connectivity index (χ0n) is 32.3. The first kappa shape index (κ1) is 37.2. The van der Waals surface area contributed by atoms with Gasteiger partial charge in [-0.15, -0.1) is 48.1 Å². The maximum Gasteiger partial charge on any atom is 0.137 e. The van der Waals surface area contributed by atoms with Gasteiger partial charge in [0, 0.05) is 67.6 Å². The van der Waals surface area contributed by atoms with E-state index in [1.165, 1.54) is 22.3 Å². The van der Waals surface area contributed by atoms with Crippen LogP contribution >= 0.6 is 0 Å². The van der Waals surface area contributed by atoms with Crippen molar-refractivity contribution in [3.05, 3.63) is 170 Å². The van der Waals surface area contributed by atoms with Crippen LogP contribution in [0.2, 0.25) is 0 Å². The van der Waals surface area contributed by atoms with Gasteiger partial charge in [-0.05, 0) is 69.3 Å². The van der Waals surface area contributed by atoms with Gasteiger partial charge in [0.05, 0.1) is 0 Å². The zero-order chi connectivity index (χ0) is 37.9. The molecule has 0 fully saturated rings. The van der Waals surface area contributed by atoms with Gasteiger partial charge in [0.25, 0.3) is 0 Å². The molecule has 9 rings (SSSR count). The molecule has 3 aromatic heterocycles. The smallest absolute Gasteiger partial charge is 0.137 e. The van der Waals surface area contributed by atoms with E-state index in [9.17, 15) is 0 Å². The Labute approximate surface area is 343 Å². The number of hydrogen-bond donors (Lipinski definition) is 0. The van der Waals surface area contributed by atoms with Crippen LogP contribution in [-0.4, -0.2) is 14.5 Å². The molecule has 8 aromatic rings. The number of benzene rings is 5. The molecule has 4 heterocycles. The van der Waals surface area contributed by atoms with E-state index in [0.717, 1.165) is 50.5 Å². The molecule has 0 radical (unpaired) electrons. The van der Waals surface area contributed by atoms with Crippen LogP contribution in [0, 0.1) is 18.8 Å². The summed E-state index contributed by atoms with van der Waals surface area (Å²) in [6.45, 7) is 15.6. The second kappa shape index (κ2) is 14.4. The van der Waals surface area contributed by atoms with E-state index in [2.05, 4.69) is 178 Å². The van der Waals surface area contributed by atoms with E-state index < -0.39 is 0 Å². The van der Waals surface area contributed by atoms with E-state index in [0.29, 0.717) is 11.5 Å². The summed E-state index contributed by atoms with van der Waals surface area (Å²) in [6, 6.07) is 51.4. The number of hydrogen-bond acceptors (Lipinski definition) is 5. The minimum atomic E-state index is -0.0341. The Morgan fingerprint density at radius 2 is 1.29 bits per heavy atom. The average molecular weight is 912 g/mol. The normalized spacial score (nSPS) is 12.9. The van der Waals surface area contributed by atoms with E-state index in [1.54, 1.807) is 0 Å². The van der Waals surface area contributed by atoms with Crippen molar-refractivity contribution in [1.82, 2.24) is 14.5 Å². The minimum Gasteiger partial charge on any atom is -0.509 e. The third kappa shape index (κ3) is 6.77. The predicted octanol–water partition coefficient (Wildman–Crippen LogP) is 12.6. The third-order valence-electron chi connectivity index (χ3n) is 10.3. The van der Waals surface area contributed by atoms with Crippen molar-refractivity contribution in [1.29, 1.82) is 0 Å². The van der Waals surface area contributed by atoms with Crippen LogP contribution in [-0.2, 0) is 31.9 Å². The van der Waals surface area contributed by atoms with Crippen molar-refractivity contribution in [2.75, 3.05) is 9.80 Å². The topological polar surface area (TPSA) is 46.4 Å². The molecule has 6 nitrogen and oxygen atoms in total. The molecule has 282 valence electrons. The summed E-state index contributed by atoms with van der Waals surface area (Å²) in [6.07, 6.45) is 3.69. The molecule has 5 aromatic carbocycles. The standard InChI is InChI=1S/C49H42N5O.Pt/c1-48(2,3)34-21-23-39(33-14-8-7-9-15-33)44(28-34)53-32-52(42-19-10-11-20-43(42)53)36-16-12-17-37(30-36)55-38-22-24-40-41-18-13-26-51-47(41)54(45(40)31-38)46-29-35(25-27-50-46)49(4,5)6;/h7-29,32H,1-6H3;/q-3;. The average Bonchev–Trinajstić information content (AvgIpc) is 3.74. The van der Waals surface area contributed by atoms with Crippen molar-refractivity contribution in [3.63, 3.8) is 0 Å². The fraction of sp³-hybridized carbons (Fsp3) is 0.163. The van der Waals surface area contributed by atoms with Crippen LogP contribution in [0.5, 0.6) is 11.5 Å². The quantitative estimate of drug-likeness (QED) is 0.156. The van der Waals surface area contributed by atoms with E-state index in [-0.39, 0.29) is 31.9 Å². The summed E-state index contributed by atoms with van der Waals surface area (Å²) in [4.78, 5) is 14.1. The summed E-state index contributed by atoms with van der Waals surface area (Å²) in [5.74, 6) is 1.96. The molecule has 56 heavy (non-hydrogen) atoms. The molecular weight excluding hydrogens is 870 g/mol. The Balaban J connectivity index is 0.00000441. The number of pyridine rings is 2. The second-order valence-electron chi connectivity index (χ2n) is 16.1. The maximum atomic E-state index is 6.56. The van der Waals surface area contributed by atoms with Gasteiger partial charge in [0.1, 0.15) is 11.5 Å². The molecule has 1 aliphatic heterocycles. The van der Waals surface area contributed by atoms with Gasteiger partial charge in [0.2, 0.25) is 0 Å². The van der Waals surface area contributed by atoms with Crippen molar-refractivity contribution in [2.24, 2.45) is 0 Å². The second-order valence-corrected chi connectivity index (χ2v) is 16.1.